The Balaban J connectivity index is 2.04. The van der Waals surface area contributed by atoms with Crippen molar-refractivity contribution >= 4 is 0 Å². The van der Waals surface area contributed by atoms with Crippen molar-refractivity contribution in [1.29, 1.82) is 0 Å². The smallest absolute Gasteiger partial charge is 0.0814 e. The number of fused-ring (bicyclic) bond motifs is 2. The molecule has 0 aromatic carbocycles. The largest absolute Gasteiger partial charge is 0.390 e. The maximum absolute atomic E-state index is 9.51. The average Bonchev–Trinajstić information content (AvgIpc) is 2.11. The molecule has 3 N–H and O–H groups in total. The molecule has 2 saturated heterocycles. The lowest BCUT2D eigenvalue weighted by atomic mass is 9.98. The van der Waals surface area contributed by atoms with Gasteiger partial charge in [0.05, 0.1) is 12.2 Å². The molecule has 0 aromatic rings. The molecular weight excluding hydrogens is 154 g/mol. The van der Waals surface area contributed by atoms with Gasteiger partial charge in [-0.05, 0) is 25.7 Å². The van der Waals surface area contributed by atoms with Gasteiger partial charge in [0, 0.05) is 12.1 Å². The zero-order valence-electron chi connectivity index (χ0n) is 7.24. The van der Waals surface area contributed by atoms with Crippen LogP contribution in [0.4, 0.5) is 0 Å². The van der Waals surface area contributed by atoms with E-state index in [2.05, 4.69) is 5.32 Å². The van der Waals surface area contributed by atoms with Crippen molar-refractivity contribution in [3.63, 3.8) is 0 Å². The van der Waals surface area contributed by atoms with Crippen molar-refractivity contribution in [3.05, 3.63) is 0 Å². The molecule has 2 fully saturated rings. The monoisotopic (exact) mass is 171 g/mol. The first-order chi connectivity index (χ1) is 5.75. The normalized spacial score (nSPS) is 48.5. The minimum absolute atomic E-state index is 0.441. The standard InChI is InChI=1S/C9H17NO2/c11-8-4-6-2-1-3-7(10-6)5-9(8)12/h6-12H,1-5H2/t6-,7+,8-,9-/m0/s1. The number of aliphatic hydroxyl groups excluding tert-OH is 2. The lowest BCUT2D eigenvalue weighted by Gasteiger charge is -2.28. The molecule has 2 aliphatic heterocycles. The predicted octanol–water partition coefficient (Wildman–Crippen LogP) is 0.0127. The molecular formula is C9H17NO2. The van der Waals surface area contributed by atoms with Crippen LogP contribution in [-0.4, -0.2) is 34.5 Å². The molecule has 0 spiro atoms. The number of piperidine rings is 1. The lowest BCUT2D eigenvalue weighted by Crippen LogP contribution is -2.41. The van der Waals surface area contributed by atoms with E-state index in [-0.39, 0.29) is 0 Å². The van der Waals surface area contributed by atoms with Gasteiger partial charge in [-0.2, -0.15) is 0 Å². The molecule has 0 saturated carbocycles. The van der Waals surface area contributed by atoms with Crippen LogP contribution in [0.15, 0.2) is 0 Å². The van der Waals surface area contributed by atoms with Gasteiger partial charge in [0.25, 0.3) is 0 Å². The van der Waals surface area contributed by atoms with Crippen molar-refractivity contribution in [2.24, 2.45) is 0 Å². The van der Waals surface area contributed by atoms with Crippen molar-refractivity contribution in [3.8, 4) is 0 Å². The van der Waals surface area contributed by atoms with E-state index in [1.54, 1.807) is 0 Å². The van der Waals surface area contributed by atoms with Gasteiger partial charge < -0.3 is 15.5 Å². The molecule has 3 nitrogen and oxygen atoms in total. The second-order valence-electron chi connectivity index (χ2n) is 4.10. The average molecular weight is 171 g/mol. The molecule has 2 aliphatic rings. The van der Waals surface area contributed by atoms with Crippen LogP contribution in [0.25, 0.3) is 0 Å². The zero-order valence-corrected chi connectivity index (χ0v) is 7.24. The summed E-state index contributed by atoms with van der Waals surface area (Å²) >= 11 is 0. The van der Waals surface area contributed by atoms with E-state index in [1.807, 2.05) is 0 Å². The molecule has 0 aromatic heterocycles. The molecule has 0 radical (unpaired) electrons. The fraction of sp³-hybridized carbons (Fsp3) is 1.00. The fourth-order valence-corrected chi connectivity index (χ4v) is 2.38. The van der Waals surface area contributed by atoms with Gasteiger partial charge in [0.15, 0.2) is 0 Å². The molecule has 2 rings (SSSR count). The highest BCUT2D eigenvalue weighted by atomic mass is 16.3. The fourth-order valence-electron chi connectivity index (χ4n) is 2.38. The molecule has 12 heavy (non-hydrogen) atoms. The van der Waals surface area contributed by atoms with Gasteiger partial charge in [-0.15, -0.1) is 0 Å². The van der Waals surface area contributed by atoms with Crippen LogP contribution < -0.4 is 5.32 Å². The number of hydrogen-bond donors (Lipinski definition) is 3. The van der Waals surface area contributed by atoms with Gasteiger partial charge in [0.2, 0.25) is 0 Å². The third kappa shape index (κ3) is 1.63. The van der Waals surface area contributed by atoms with E-state index in [0.717, 1.165) is 25.7 Å². The van der Waals surface area contributed by atoms with Crippen LogP contribution >= 0.6 is 0 Å². The minimum Gasteiger partial charge on any atom is -0.390 e. The minimum atomic E-state index is -0.509. The number of aliphatic hydroxyl groups is 2. The molecule has 2 bridgehead atoms. The van der Waals surface area contributed by atoms with E-state index in [9.17, 15) is 10.2 Å². The first-order valence-electron chi connectivity index (χ1n) is 4.88. The van der Waals surface area contributed by atoms with Crippen LogP contribution in [0.5, 0.6) is 0 Å². The lowest BCUT2D eigenvalue weighted by molar-refractivity contribution is 0.0132. The Morgan fingerprint density at radius 2 is 1.42 bits per heavy atom. The third-order valence-corrected chi connectivity index (χ3v) is 3.07. The Labute approximate surface area is 72.8 Å². The Morgan fingerprint density at radius 1 is 0.917 bits per heavy atom. The summed E-state index contributed by atoms with van der Waals surface area (Å²) in [4.78, 5) is 0. The SMILES string of the molecule is O[C@H]1C[C@H]2CCC[C@@H](C[C@@H]1O)N2. The van der Waals surface area contributed by atoms with Gasteiger partial charge in [-0.1, -0.05) is 6.42 Å². The molecule has 70 valence electrons. The van der Waals surface area contributed by atoms with Gasteiger partial charge in [0.1, 0.15) is 0 Å². The molecule has 0 aliphatic carbocycles. The van der Waals surface area contributed by atoms with Crippen LogP contribution in [0, 0.1) is 0 Å². The topological polar surface area (TPSA) is 52.5 Å². The second kappa shape index (κ2) is 3.32. The zero-order chi connectivity index (χ0) is 8.55. The molecule has 3 heteroatoms. The third-order valence-electron chi connectivity index (χ3n) is 3.07. The van der Waals surface area contributed by atoms with E-state index < -0.39 is 12.2 Å². The Kier molecular flexibility index (Phi) is 2.35. The summed E-state index contributed by atoms with van der Waals surface area (Å²) in [5, 5.41) is 22.5. The van der Waals surface area contributed by atoms with Crippen LogP contribution in [0.3, 0.4) is 0 Å². The maximum Gasteiger partial charge on any atom is 0.0814 e. The number of rotatable bonds is 0. The van der Waals surface area contributed by atoms with Crippen molar-refractivity contribution in [2.45, 2.75) is 56.4 Å². The molecule has 0 unspecified atom stereocenters. The highest BCUT2D eigenvalue weighted by molar-refractivity contribution is 4.90. The highest BCUT2D eigenvalue weighted by Crippen LogP contribution is 2.24. The quantitative estimate of drug-likeness (QED) is 0.481. The summed E-state index contributed by atoms with van der Waals surface area (Å²) in [7, 11) is 0. The van der Waals surface area contributed by atoms with Crippen LogP contribution in [0.1, 0.15) is 32.1 Å². The summed E-state index contributed by atoms with van der Waals surface area (Å²) in [5.41, 5.74) is 0. The van der Waals surface area contributed by atoms with Gasteiger partial charge in [-0.25, -0.2) is 0 Å². The predicted molar refractivity (Wildman–Crippen MR) is 45.8 cm³/mol. The van der Waals surface area contributed by atoms with Crippen LogP contribution in [-0.2, 0) is 0 Å². The van der Waals surface area contributed by atoms with Crippen molar-refractivity contribution < 1.29 is 10.2 Å². The summed E-state index contributed by atoms with van der Waals surface area (Å²) < 4.78 is 0. The summed E-state index contributed by atoms with van der Waals surface area (Å²) in [5.74, 6) is 0. The summed E-state index contributed by atoms with van der Waals surface area (Å²) in [6, 6.07) is 0.881. The Morgan fingerprint density at radius 3 is 1.92 bits per heavy atom. The molecule has 0 amide bonds. The molecule has 2 heterocycles. The summed E-state index contributed by atoms with van der Waals surface area (Å²) in [6.45, 7) is 0. The van der Waals surface area contributed by atoms with E-state index in [0.29, 0.717) is 12.1 Å². The van der Waals surface area contributed by atoms with Gasteiger partial charge >= 0.3 is 0 Å². The first kappa shape index (κ1) is 8.48. The van der Waals surface area contributed by atoms with E-state index in [4.69, 9.17) is 0 Å². The second-order valence-corrected chi connectivity index (χ2v) is 4.10. The number of hydrogen-bond acceptors (Lipinski definition) is 3. The number of nitrogens with one attached hydrogen (secondary N) is 1. The van der Waals surface area contributed by atoms with Crippen molar-refractivity contribution in [1.82, 2.24) is 5.32 Å². The highest BCUT2D eigenvalue weighted by Gasteiger charge is 2.32. The molecule has 4 atom stereocenters. The van der Waals surface area contributed by atoms with E-state index in [1.165, 1.54) is 6.42 Å². The summed E-state index contributed by atoms with van der Waals surface area (Å²) in [6.07, 6.45) is 3.97. The maximum atomic E-state index is 9.51. The Hall–Kier alpha value is -0.120. The van der Waals surface area contributed by atoms with Crippen LogP contribution in [0.2, 0.25) is 0 Å². The van der Waals surface area contributed by atoms with Crippen molar-refractivity contribution in [2.75, 3.05) is 0 Å². The van der Waals surface area contributed by atoms with Gasteiger partial charge in [-0.3, -0.25) is 0 Å². The Bertz CT molecular complexity index is 147. The first-order valence-corrected chi connectivity index (χ1v) is 4.88. The van der Waals surface area contributed by atoms with E-state index >= 15 is 0 Å².